The summed E-state index contributed by atoms with van der Waals surface area (Å²) in [4.78, 5) is 14.2. The van der Waals surface area contributed by atoms with Gasteiger partial charge in [-0.15, -0.1) is 6.58 Å². The van der Waals surface area contributed by atoms with Crippen molar-refractivity contribution in [3.8, 4) is 0 Å². The lowest BCUT2D eigenvalue weighted by Gasteiger charge is -2.37. The van der Waals surface area contributed by atoms with Crippen molar-refractivity contribution in [2.24, 2.45) is 0 Å². The van der Waals surface area contributed by atoms with Gasteiger partial charge in [0.25, 0.3) is 0 Å². The van der Waals surface area contributed by atoms with Crippen LogP contribution in [0.5, 0.6) is 0 Å². The summed E-state index contributed by atoms with van der Waals surface area (Å²) in [5.74, 6) is 2.05. The number of carbonyl (C=O) groups excluding carboxylic acids is 1. The number of hydrogen-bond acceptors (Lipinski definition) is 5. The average molecular weight is 345 g/mol. The molecule has 0 radical (unpaired) electrons. The SMILES string of the molecule is C=CCSCCNC(C)CC1COCCN1C(=O)OC(C)(C)C. The third kappa shape index (κ3) is 8.63. The van der Waals surface area contributed by atoms with E-state index >= 15 is 0 Å². The molecular formula is C17H32N2O3S. The molecule has 5 nitrogen and oxygen atoms in total. The van der Waals surface area contributed by atoms with Gasteiger partial charge in [-0.1, -0.05) is 6.08 Å². The Morgan fingerprint density at radius 1 is 1.57 bits per heavy atom. The van der Waals surface area contributed by atoms with Crippen LogP contribution in [0.1, 0.15) is 34.1 Å². The van der Waals surface area contributed by atoms with E-state index < -0.39 is 5.60 Å². The molecule has 2 unspecified atom stereocenters. The van der Waals surface area contributed by atoms with Crippen molar-refractivity contribution in [1.82, 2.24) is 10.2 Å². The Labute approximate surface area is 145 Å². The van der Waals surface area contributed by atoms with Crippen LogP contribution in [0.4, 0.5) is 4.79 Å². The molecule has 6 heteroatoms. The molecule has 0 spiro atoms. The lowest BCUT2D eigenvalue weighted by Crippen LogP contribution is -2.52. The highest BCUT2D eigenvalue weighted by molar-refractivity contribution is 7.99. The molecule has 134 valence electrons. The largest absolute Gasteiger partial charge is 0.444 e. The van der Waals surface area contributed by atoms with Crippen molar-refractivity contribution in [2.75, 3.05) is 37.8 Å². The number of hydrogen-bond donors (Lipinski definition) is 1. The molecule has 0 aliphatic carbocycles. The van der Waals surface area contributed by atoms with Crippen LogP contribution in [-0.4, -0.2) is 66.5 Å². The third-order valence-electron chi connectivity index (χ3n) is 3.46. The lowest BCUT2D eigenvalue weighted by molar-refractivity contribution is -0.0355. The zero-order valence-corrected chi connectivity index (χ0v) is 15.8. The van der Waals surface area contributed by atoms with Crippen molar-refractivity contribution in [1.29, 1.82) is 0 Å². The van der Waals surface area contributed by atoms with Crippen molar-refractivity contribution in [2.45, 2.75) is 51.8 Å². The molecule has 0 saturated carbocycles. The summed E-state index contributed by atoms with van der Waals surface area (Å²) < 4.78 is 11.1. The van der Waals surface area contributed by atoms with E-state index in [1.54, 1.807) is 0 Å². The minimum Gasteiger partial charge on any atom is -0.444 e. The topological polar surface area (TPSA) is 50.8 Å². The normalized spacial score (nSPS) is 20.2. The number of nitrogens with zero attached hydrogens (tertiary/aromatic N) is 1. The summed E-state index contributed by atoms with van der Waals surface area (Å²) in [6, 6.07) is 0.401. The van der Waals surface area contributed by atoms with Crippen LogP contribution in [-0.2, 0) is 9.47 Å². The third-order valence-corrected chi connectivity index (χ3v) is 4.42. The minimum absolute atomic E-state index is 0.0712. The summed E-state index contributed by atoms with van der Waals surface area (Å²) in [7, 11) is 0. The van der Waals surface area contributed by atoms with Gasteiger partial charge in [-0.2, -0.15) is 11.8 Å². The van der Waals surface area contributed by atoms with Crippen LogP contribution in [0.2, 0.25) is 0 Å². The first-order valence-electron chi connectivity index (χ1n) is 8.33. The zero-order valence-electron chi connectivity index (χ0n) is 15.0. The Bertz CT molecular complexity index is 371. The Morgan fingerprint density at radius 2 is 2.30 bits per heavy atom. The predicted molar refractivity (Wildman–Crippen MR) is 97.2 cm³/mol. The molecule has 1 fully saturated rings. The van der Waals surface area contributed by atoms with Gasteiger partial charge >= 0.3 is 6.09 Å². The Kier molecular flexibility index (Phi) is 9.02. The summed E-state index contributed by atoms with van der Waals surface area (Å²) in [5.41, 5.74) is -0.466. The van der Waals surface area contributed by atoms with Crippen molar-refractivity contribution >= 4 is 17.9 Å². The first-order chi connectivity index (χ1) is 10.8. The van der Waals surface area contributed by atoms with E-state index in [0.29, 0.717) is 25.8 Å². The van der Waals surface area contributed by atoms with E-state index in [-0.39, 0.29) is 12.1 Å². The van der Waals surface area contributed by atoms with E-state index in [1.807, 2.05) is 43.5 Å². The number of rotatable bonds is 8. The van der Waals surface area contributed by atoms with Gasteiger partial charge in [0.1, 0.15) is 5.60 Å². The minimum atomic E-state index is -0.466. The van der Waals surface area contributed by atoms with Gasteiger partial charge in [0, 0.05) is 30.6 Å². The number of carbonyl (C=O) groups is 1. The molecule has 1 aliphatic heterocycles. The highest BCUT2D eigenvalue weighted by Crippen LogP contribution is 2.17. The fourth-order valence-electron chi connectivity index (χ4n) is 2.45. The summed E-state index contributed by atoms with van der Waals surface area (Å²) >= 11 is 1.86. The number of morpholine rings is 1. The van der Waals surface area contributed by atoms with Crippen LogP contribution in [0, 0.1) is 0 Å². The second-order valence-electron chi connectivity index (χ2n) is 6.86. The van der Waals surface area contributed by atoms with Crippen molar-refractivity contribution < 1.29 is 14.3 Å². The van der Waals surface area contributed by atoms with Gasteiger partial charge in [0.05, 0.1) is 19.3 Å². The van der Waals surface area contributed by atoms with E-state index in [9.17, 15) is 4.79 Å². The predicted octanol–water partition coefficient (Wildman–Crippen LogP) is 2.91. The Morgan fingerprint density at radius 3 is 2.96 bits per heavy atom. The molecule has 0 aromatic heterocycles. The van der Waals surface area contributed by atoms with Crippen LogP contribution in [0.15, 0.2) is 12.7 Å². The van der Waals surface area contributed by atoms with E-state index in [2.05, 4.69) is 18.8 Å². The van der Waals surface area contributed by atoms with Gasteiger partial charge in [-0.3, -0.25) is 0 Å². The molecule has 1 rings (SSSR count). The zero-order chi connectivity index (χ0) is 17.3. The maximum Gasteiger partial charge on any atom is 0.410 e. The second-order valence-corrected chi connectivity index (χ2v) is 8.01. The fourth-order valence-corrected chi connectivity index (χ4v) is 3.04. The molecule has 1 saturated heterocycles. The number of nitrogens with one attached hydrogen (secondary N) is 1. The standard InChI is InChI=1S/C17H32N2O3S/c1-6-10-23-11-7-18-14(2)12-15-13-21-9-8-19(15)16(20)22-17(3,4)5/h6,14-15,18H,1,7-13H2,2-5H3. The first kappa shape index (κ1) is 20.3. The molecule has 0 aromatic rings. The molecule has 1 N–H and O–H groups in total. The number of amides is 1. The van der Waals surface area contributed by atoms with Gasteiger partial charge in [-0.05, 0) is 34.1 Å². The molecule has 1 aliphatic rings. The lowest BCUT2D eigenvalue weighted by atomic mass is 10.1. The average Bonchev–Trinajstić information content (AvgIpc) is 2.45. The summed E-state index contributed by atoms with van der Waals surface area (Å²) in [6.07, 6.45) is 2.55. The van der Waals surface area contributed by atoms with Crippen LogP contribution in [0.3, 0.4) is 0 Å². The van der Waals surface area contributed by atoms with Crippen LogP contribution < -0.4 is 5.32 Å². The quantitative estimate of drug-likeness (QED) is 0.542. The Balaban J connectivity index is 2.41. The molecule has 2 atom stereocenters. The molecule has 0 aromatic carbocycles. The molecule has 1 amide bonds. The summed E-state index contributed by atoms with van der Waals surface area (Å²) in [6.45, 7) is 14.3. The van der Waals surface area contributed by atoms with Gasteiger partial charge in [0.15, 0.2) is 0 Å². The number of thioether (sulfide) groups is 1. The molecule has 1 heterocycles. The van der Waals surface area contributed by atoms with Crippen LogP contribution >= 0.6 is 11.8 Å². The molecule has 23 heavy (non-hydrogen) atoms. The maximum atomic E-state index is 12.4. The monoisotopic (exact) mass is 344 g/mol. The maximum absolute atomic E-state index is 12.4. The molecular weight excluding hydrogens is 312 g/mol. The van der Waals surface area contributed by atoms with E-state index in [1.165, 1.54) is 0 Å². The van der Waals surface area contributed by atoms with Crippen molar-refractivity contribution in [3.63, 3.8) is 0 Å². The summed E-state index contributed by atoms with van der Waals surface area (Å²) in [5, 5.41) is 3.51. The second kappa shape index (κ2) is 10.2. The van der Waals surface area contributed by atoms with E-state index in [4.69, 9.17) is 9.47 Å². The Hall–Kier alpha value is -0.720. The van der Waals surface area contributed by atoms with Gasteiger partial charge < -0.3 is 19.7 Å². The first-order valence-corrected chi connectivity index (χ1v) is 9.48. The van der Waals surface area contributed by atoms with Gasteiger partial charge in [-0.25, -0.2) is 4.79 Å². The van der Waals surface area contributed by atoms with Crippen LogP contribution in [0.25, 0.3) is 0 Å². The van der Waals surface area contributed by atoms with Gasteiger partial charge in [0.2, 0.25) is 0 Å². The smallest absolute Gasteiger partial charge is 0.410 e. The van der Waals surface area contributed by atoms with Crippen molar-refractivity contribution in [3.05, 3.63) is 12.7 Å². The highest BCUT2D eigenvalue weighted by Gasteiger charge is 2.31. The molecule has 0 bridgehead atoms. The van der Waals surface area contributed by atoms with E-state index in [0.717, 1.165) is 24.5 Å². The highest BCUT2D eigenvalue weighted by atomic mass is 32.2. The number of ether oxygens (including phenoxy) is 2. The fraction of sp³-hybridized carbons (Fsp3) is 0.824.